The number of amides is 1. The SMILES string of the molecule is CN(C)CC(=O)Nc1ccc(-c2ncnn2CC(F)(F)F)cc1. The lowest BCUT2D eigenvalue weighted by atomic mass is 10.2. The number of alkyl halides is 3. The molecule has 1 heterocycles. The highest BCUT2D eigenvalue weighted by molar-refractivity contribution is 5.92. The summed E-state index contributed by atoms with van der Waals surface area (Å²) in [6.07, 6.45) is -3.30. The lowest BCUT2D eigenvalue weighted by Gasteiger charge is -2.11. The van der Waals surface area contributed by atoms with E-state index >= 15 is 0 Å². The second kappa shape index (κ2) is 6.78. The van der Waals surface area contributed by atoms with Crippen molar-refractivity contribution in [3.63, 3.8) is 0 Å². The van der Waals surface area contributed by atoms with Crippen molar-refractivity contribution in [2.75, 3.05) is 26.0 Å². The number of benzene rings is 1. The average Bonchev–Trinajstić information content (AvgIpc) is 2.84. The zero-order valence-corrected chi connectivity index (χ0v) is 12.6. The molecule has 0 fully saturated rings. The summed E-state index contributed by atoms with van der Waals surface area (Å²) in [5, 5.41) is 6.29. The van der Waals surface area contributed by atoms with Crippen LogP contribution in [0.25, 0.3) is 11.4 Å². The summed E-state index contributed by atoms with van der Waals surface area (Å²) in [4.78, 5) is 17.2. The number of nitrogens with zero attached hydrogens (tertiary/aromatic N) is 4. The van der Waals surface area contributed by atoms with Crippen molar-refractivity contribution in [2.45, 2.75) is 12.7 Å². The molecular formula is C14H16F3N5O. The Balaban J connectivity index is 2.11. The van der Waals surface area contributed by atoms with Crippen LogP contribution in [0.2, 0.25) is 0 Å². The van der Waals surface area contributed by atoms with E-state index in [0.717, 1.165) is 11.0 Å². The number of carbonyl (C=O) groups excluding carboxylic acids is 1. The van der Waals surface area contributed by atoms with Gasteiger partial charge < -0.3 is 10.2 Å². The number of hydrogen-bond acceptors (Lipinski definition) is 4. The highest BCUT2D eigenvalue weighted by atomic mass is 19.4. The highest BCUT2D eigenvalue weighted by Crippen LogP contribution is 2.23. The van der Waals surface area contributed by atoms with Crippen molar-refractivity contribution in [1.82, 2.24) is 19.7 Å². The van der Waals surface area contributed by atoms with Crippen LogP contribution in [0.5, 0.6) is 0 Å². The minimum absolute atomic E-state index is 0.119. The fourth-order valence-corrected chi connectivity index (χ4v) is 1.96. The number of nitrogens with one attached hydrogen (secondary N) is 1. The molecule has 0 radical (unpaired) electrons. The average molecular weight is 327 g/mol. The Morgan fingerprint density at radius 2 is 1.91 bits per heavy atom. The van der Waals surface area contributed by atoms with Gasteiger partial charge in [-0.25, -0.2) is 9.67 Å². The second-order valence-electron chi connectivity index (χ2n) is 5.22. The van der Waals surface area contributed by atoms with Crippen LogP contribution in [0, 0.1) is 0 Å². The van der Waals surface area contributed by atoms with E-state index in [4.69, 9.17) is 0 Å². The van der Waals surface area contributed by atoms with Crippen molar-refractivity contribution >= 4 is 11.6 Å². The van der Waals surface area contributed by atoms with E-state index in [1.807, 2.05) is 0 Å². The van der Waals surface area contributed by atoms with Crippen LogP contribution in [0.4, 0.5) is 18.9 Å². The maximum atomic E-state index is 12.5. The van der Waals surface area contributed by atoms with Crippen molar-refractivity contribution in [2.24, 2.45) is 0 Å². The maximum absolute atomic E-state index is 12.5. The number of carbonyl (C=O) groups is 1. The minimum Gasteiger partial charge on any atom is -0.325 e. The van der Waals surface area contributed by atoms with Crippen molar-refractivity contribution in [1.29, 1.82) is 0 Å². The molecule has 1 aromatic carbocycles. The zero-order chi connectivity index (χ0) is 17.0. The van der Waals surface area contributed by atoms with Crippen molar-refractivity contribution in [3.05, 3.63) is 30.6 Å². The van der Waals surface area contributed by atoms with Gasteiger partial charge in [-0.3, -0.25) is 4.79 Å². The Hall–Kier alpha value is -2.42. The maximum Gasteiger partial charge on any atom is 0.408 e. The van der Waals surface area contributed by atoms with Gasteiger partial charge in [-0.15, -0.1) is 0 Å². The minimum atomic E-state index is -4.37. The van der Waals surface area contributed by atoms with Gasteiger partial charge in [-0.05, 0) is 38.4 Å². The monoisotopic (exact) mass is 327 g/mol. The second-order valence-corrected chi connectivity index (χ2v) is 5.22. The summed E-state index contributed by atoms with van der Waals surface area (Å²) >= 11 is 0. The number of halogens is 3. The first kappa shape index (κ1) is 16.9. The van der Waals surface area contributed by atoms with Gasteiger partial charge in [-0.2, -0.15) is 18.3 Å². The number of anilines is 1. The molecule has 6 nitrogen and oxygen atoms in total. The zero-order valence-electron chi connectivity index (χ0n) is 12.6. The Bertz CT molecular complexity index is 664. The van der Waals surface area contributed by atoms with E-state index in [1.54, 1.807) is 43.3 Å². The molecule has 2 rings (SSSR count). The number of aromatic nitrogens is 3. The van der Waals surface area contributed by atoms with Gasteiger partial charge in [0, 0.05) is 11.3 Å². The summed E-state index contributed by atoms with van der Waals surface area (Å²) in [5.74, 6) is -0.0588. The molecule has 23 heavy (non-hydrogen) atoms. The molecule has 1 N–H and O–H groups in total. The van der Waals surface area contributed by atoms with E-state index in [1.165, 1.54) is 0 Å². The Labute approximate surface area is 130 Å². The summed E-state index contributed by atoms with van der Waals surface area (Å²) in [7, 11) is 3.55. The van der Waals surface area contributed by atoms with Crippen LogP contribution < -0.4 is 5.32 Å². The molecule has 0 bridgehead atoms. The van der Waals surface area contributed by atoms with Gasteiger partial charge in [0.1, 0.15) is 12.9 Å². The van der Waals surface area contributed by atoms with Gasteiger partial charge in [0.05, 0.1) is 6.54 Å². The lowest BCUT2D eigenvalue weighted by molar-refractivity contribution is -0.142. The molecule has 1 aromatic heterocycles. The third-order valence-corrected chi connectivity index (χ3v) is 2.83. The van der Waals surface area contributed by atoms with Crippen LogP contribution in [0.15, 0.2) is 30.6 Å². The van der Waals surface area contributed by atoms with E-state index in [9.17, 15) is 18.0 Å². The molecule has 2 aromatic rings. The number of hydrogen-bond donors (Lipinski definition) is 1. The summed E-state index contributed by atoms with van der Waals surface area (Å²) < 4.78 is 38.3. The van der Waals surface area contributed by atoms with Crippen LogP contribution in [0.1, 0.15) is 0 Å². The van der Waals surface area contributed by atoms with Crippen LogP contribution >= 0.6 is 0 Å². The van der Waals surface area contributed by atoms with Crippen LogP contribution in [-0.2, 0) is 11.3 Å². The lowest BCUT2D eigenvalue weighted by Crippen LogP contribution is -2.27. The Morgan fingerprint density at radius 3 is 2.48 bits per heavy atom. The summed E-state index contributed by atoms with van der Waals surface area (Å²) in [6, 6.07) is 6.38. The molecule has 0 aliphatic rings. The largest absolute Gasteiger partial charge is 0.408 e. The third kappa shape index (κ3) is 5.06. The van der Waals surface area contributed by atoms with Gasteiger partial charge in [0.15, 0.2) is 5.82 Å². The van der Waals surface area contributed by atoms with Gasteiger partial charge in [-0.1, -0.05) is 0 Å². The normalized spacial score (nSPS) is 11.7. The van der Waals surface area contributed by atoms with Crippen LogP contribution in [0.3, 0.4) is 0 Å². The topological polar surface area (TPSA) is 63.1 Å². The van der Waals surface area contributed by atoms with Gasteiger partial charge in [0.25, 0.3) is 0 Å². The Kier molecular flexibility index (Phi) is 4.99. The molecule has 0 unspecified atom stereocenters. The molecule has 124 valence electrons. The van der Waals surface area contributed by atoms with E-state index in [2.05, 4.69) is 15.4 Å². The summed E-state index contributed by atoms with van der Waals surface area (Å²) in [5.41, 5.74) is 1.04. The fourth-order valence-electron chi connectivity index (χ4n) is 1.96. The predicted molar refractivity (Wildman–Crippen MR) is 78.7 cm³/mol. The number of likely N-dealkylation sites (N-methyl/N-ethyl adjacent to an activating group) is 1. The molecule has 9 heteroatoms. The molecule has 0 aliphatic heterocycles. The van der Waals surface area contributed by atoms with Gasteiger partial charge in [0.2, 0.25) is 5.91 Å². The fraction of sp³-hybridized carbons (Fsp3) is 0.357. The first-order valence-corrected chi connectivity index (χ1v) is 6.74. The third-order valence-electron chi connectivity index (χ3n) is 2.83. The van der Waals surface area contributed by atoms with Crippen molar-refractivity contribution < 1.29 is 18.0 Å². The quantitative estimate of drug-likeness (QED) is 0.912. The summed E-state index contributed by atoms with van der Waals surface area (Å²) in [6.45, 7) is -0.967. The van der Waals surface area contributed by atoms with E-state index in [0.29, 0.717) is 11.3 Å². The van der Waals surface area contributed by atoms with Gasteiger partial charge >= 0.3 is 6.18 Å². The smallest absolute Gasteiger partial charge is 0.325 e. The molecule has 0 atom stereocenters. The first-order chi connectivity index (χ1) is 10.7. The van der Waals surface area contributed by atoms with E-state index in [-0.39, 0.29) is 18.3 Å². The van der Waals surface area contributed by atoms with E-state index < -0.39 is 12.7 Å². The Morgan fingerprint density at radius 1 is 1.26 bits per heavy atom. The highest BCUT2D eigenvalue weighted by Gasteiger charge is 2.29. The molecule has 1 amide bonds. The standard InChI is InChI=1S/C14H16F3N5O/c1-21(2)7-12(23)20-11-5-3-10(4-6-11)13-18-9-19-22(13)8-14(15,16)17/h3-6,9H,7-8H2,1-2H3,(H,20,23). The molecule has 0 saturated heterocycles. The number of rotatable bonds is 5. The molecule has 0 saturated carbocycles. The molecule has 0 aliphatic carbocycles. The van der Waals surface area contributed by atoms with Crippen molar-refractivity contribution in [3.8, 4) is 11.4 Å². The predicted octanol–water partition coefficient (Wildman–Crippen LogP) is 2.01. The first-order valence-electron chi connectivity index (χ1n) is 6.74. The van der Waals surface area contributed by atoms with Crippen LogP contribution in [-0.4, -0.2) is 52.4 Å². The molecule has 0 spiro atoms. The molecular weight excluding hydrogens is 311 g/mol.